The first-order valence-corrected chi connectivity index (χ1v) is 10.4. The van der Waals surface area contributed by atoms with Gasteiger partial charge in [-0.2, -0.15) is 0 Å². The number of likely N-dealkylation sites (tertiary alicyclic amines) is 1. The number of carbonyl (C=O) groups is 1. The van der Waals surface area contributed by atoms with Crippen molar-refractivity contribution in [3.8, 4) is 5.75 Å². The molecular formula is C24H33N3O2. The third-order valence-electron chi connectivity index (χ3n) is 5.53. The number of nitrogens with zero attached hydrogens (tertiary/aromatic N) is 2. The molecule has 0 aliphatic carbocycles. The van der Waals surface area contributed by atoms with Crippen molar-refractivity contribution in [1.82, 2.24) is 15.2 Å². The summed E-state index contributed by atoms with van der Waals surface area (Å²) in [4.78, 5) is 19.8. The second-order valence-electron chi connectivity index (χ2n) is 8.94. The van der Waals surface area contributed by atoms with Crippen LogP contribution in [0.15, 0.2) is 48.7 Å². The Balaban J connectivity index is 1.75. The lowest BCUT2D eigenvalue weighted by Crippen LogP contribution is -2.45. The average Bonchev–Trinajstić information content (AvgIpc) is 2.72. The molecule has 5 heteroatoms. The summed E-state index contributed by atoms with van der Waals surface area (Å²) in [6.07, 6.45) is 4.01. The number of amides is 1. The Labute approximate surface area is 174 Å². The molecule has 1 aliphatic heterocycles. The number of hydrogen-bond acceptors (Lipinski definition) is 4. The number of pyridine rings is 1. The van der Waals surface area contributed by atoms with Gasteiger partial charge in [0.05, 0.1) is 18.8 Å². The van der Waals surface area contributed by atoms with E-state index in [1.165, 1.54) is 5.56 Å². The summed E-state index contributed by atoms with van der Waals surface area (Å²) in [6.45, 7) is 8.74. The van der Waals surface area contributed by atoms with Gasteiger partial charge in [0.25, 0.3) is 0 Å². The second kappa shape index (κ2) is 9.40. The Morgan fingerprint density at radius 2 is 2.10 bits per heavy atom. The van der Waals surface area contributed by atoms with Gasteiger partial charge in [0.1, 0.15) is 5.75 Å². The maximum atomic E-state index is 12.8. The van der Waals surface area contributed by atoms with Crippen LogP contribution in [0.1, 0.15) is 50.9 Å². The number of hydrogen-bond donors (Lipinski definition) is 1. The van der Waals surface area contributed by atoms with E-state index in [1.807, 2.05) is 57.3 Å². The fourth-order valence-corrected chi connectivity index (χ4v) is 3.89. The Morgan fingerprint density at radius 3 is 2.79 bits per heavy atom. The summed E-state index contributed by atoms with van der Waals surface area (Å²) in [5.41, 5.74) is 1.76. The number of benzene rings is 1. The minimum Gasteiger partial charge on any atom is -0.497 e. The number of nitrogens with one attached hydrogen (secondary N) is 1. The van der Waals surface area contributed by atoms with Gasteiger partial charge in [0, 0.05) is 24.7 Å². The van der Waals surface area contributed by atoms with Crippen molar-refractivity contribution in [3.63, 3.8) is 0 Å². The van der Waals surface area contributed by atoms with Crippen LogP contribution in [0, 0.1) is 11.3 Å². The van der Waals surface area contributed by atoms with Crippen LogP contribution in [0.4, 0.5) is 0 Å². The van der Waals surface area contributed by atoms with Crippen LogP contribution in [0.2, 0.25) is 0 Å². The molecule has 1 aliphatic rings. The number of rotatable bonds is 6. The van der Waals surface area contributed by atoms with Crippen molar-refractivity contribution in [2.45, 2.75) is 46.2 Å². The van der Waals surface area contributed by atoms with E-state index < -0.39 is 5.41 Å². The number of piperidine rings is 1. The largest absolute Gasteiger partial charge is 0.497 e. The zero-order valence-corrected chi connectivity index (χ0v) is 18.0. The standard InChI is InChI=1S/C24H33N3O2/c1-24(2,3)23(28)26-22(21-12-5-6-13-25-21)19-10-8-14-27(17-19)16-18-9-7-11-20(15-18)29-4/h5-7,9,11-13,15,19,22H,8,10,14,16-17H2,1-4H3,(H,26,28). The van der Waals surface area contributed by atoms with Gasteiger partial charge in [-0.1, -0.05) is 39.0 Å². The molecule has 0 spiro atoms. The molecule has 1 fully saturated rings. The lowest BCUT2D eigenvalue weighted by Gasteiger charge is -2.38. The highest BCUT2D eigenvalue weighted by Gasteiger charge is 2.33. The van der Waals surface area contributed by atoms with E-state index in [9.17, 15) is 4.79 Å². The van der Waals surface area contributed by atoms with Gasteiger partial charge in [-0.3, -0.25) is 14.7 Å². The van der Waals surface area contributed by atoms with E-state index in [1.54, 1.807) is 7.11 Å². The summed E-state index contributed by atoms with van der Waals surface area (Å²) in [6, 6.07) is 14.1. The summed E-state index contributed by atoms with van der Waals surface area (Å²) in [5.74, 6) is 1.29. The smallest absolute Gasteiger partial charge is 0.225 e. The second-order valence-corrected chi connectivity index (χ2v) is 8.94. The molecule has 2 heterocycles. The number of aromatic nitrogens is 1. The maximum absolute atomic E-state index is 12.8. The Kier molecular flexibility index (Phi) is 6.91. The van der Waals surface area contributed by atoms with E-state index in [-0.39, 0.29) is 11.9 Å². The van der Waals surface area contributed by atoms with E-state index in [0.717, 1.165) is 43.9 Å². The SMILES string of the molecule is COc1cccc(CN2CCCC(C(NC(=O)C(C)(C)C)c3ccccn3)C2)c1. The normalized spacial score (nSPS) is 18.8. The van der Waals surface area contributed by atoms with Crippen LogP contribution in [0.25, 0.3) is 0 Å². The highest BCUT2D eigenvalue weighted by Crippen LogP contribution is 2.31. The molecule has 1 saturated heterocycles. The molecule has 2 atom stereocenters. The summed E-state index contributed by atoms with van der Waals surface area (Å²) in [5, 5.41) is 3.30. The van der Waals surface area contributed by atoms with Crippen LogP contribution < -0.4 is 10.1 Å². The average molecular weight is 396 g/mol. The molecule has 1 amide bonds. The third-order valence-corrected chi connectivity index (χ3v) is 5.53. The molecule has 1 N–H and O–H groups in total. The summed E-state index contributed by atoms with van der Waals surface area (Å²) >= 11 is 0. The lowest BCUT2D eigenvalue weighted by molar-refractivity contribution is -0.130. The van der Waals surface area contributed by atoms with E-state index in [2.05, 4.69) is 27.3 Å². The first-order valence-electron chi connectivity index (χ1n) is 10.4. The third kappa shape index (κ3) is 5.80. The molecule has 2 unspecified atom stereocenters. The van der Waals surface area contributed by atoms with E-state index >= 15 is 0 Å². The Hall–Kier alpha value is -2.40. The highest BCUT2D eigenvalue weighted by molar-refractivity contribution is 5.81. The van der Waals surface area contributed by atoms with Crippen molar-refractivity contribution < 1.29 is 9.53 Å². The monoisotopic (exact) mass is 395 g/mol. The predicted molar refractivity (Wildman–Crippen MR) is 116 cm³/mol. The van der Waals surface area contributed by atoms with Crippen LogP contribution in [0.3, 0.4) is 0 Å². The van der Waals surface area contributed by atoms with Gasteiger partial charge >= 0.3 is 0 Å². The molecular weight excluding hydrogens is 362 g/mol. The molecule has 1 aromatic heterocycles. The van der Waals surface area contributed by atoms with E-state index in [0.29, 0.717) is 5.92 Å². The Bertz CT molecular complexity index is 801. The first-order chi connectivity index (χ1) is 13.9. The number of ether oxygens (including phenoxy) is 1. The number of methoxy groups -OCH3 is 1. The minimum atomic E-state index is -0.429. The molecule has 29 heavy (non-hydrogen) atoms. The fraction of sp³-hybridized carbons (Fsp3) is 0.500. The zero-order valence-electron chi connectivity index (χ0n) is 18.0. The molecule has 0 radical (unpaired) electrons. The molecule has 2 aromatic rings. The topological polar surface area (TPSA) is 54.5 Å². The van der Waals surface area contributed by atoms with Crippen LogP contribution in [0.5, 0.6) is 5.75 Å². The van der Waals surface area contributed by atoms with Gasteiger partial charge in [0.15, 0.2) is 0 Å². The molecule has 1 aromatic carbocycles. The van der Waals surface area contributed by atoms with Crippen molar-refractivity contribution in [2.24, 2.45) is 11.3 Å². The first kappa shape index (κ1) is 21.3. The van der Waals surface area contributed by atoms with Crippen molar-refractivity contribution >= 4 is 5.91 Å². The Morgan fingerprint density at radius 1 is 1.28 bits per heavy atom. The fourth-order valence-electron chi connectivity index (χ4n) is 3.89. The highest BCUT2D eigenvalue weighted by atomic mass is 16.5. The summed E-state index contributed by atoms with van der Waals surface area (Å²) < 4.78 is 5.36. The zero-order chi connectivity index (χ0) is 20.9. The van der Waals surface area contributed by atoms with Gasteiger partial charge in [-0.15, -0.1) is 0 Å². The van der Waals surface area contributed by atoms with E-state index in [4.69, 9.17) is 4.74 Å². The van der Waals surface area contributed by atoms with Crippen molar-refractivity contribution in [2.75, 3.05) is 20.2 Å². The molecule has 5 nitrogen and oxygen atoms in total. The van der Waals surface area contributed by atoms with Gasteiger partial charge in [-0.05, 0) is 55.1 Å². The van der Waals surface area contributed by atoms with Crippen LogP contribution in [-0.4, -0.2) is 36.0 Å². The van der Waals surface area contributed by atoms with Gasteiger partial charge in [0.2, 0.25) is 5.91 Å². The van der Waals surface area contributed by atoms with Crippen molar-refractivity contribution in [3.05, 3.63) is 59.9 Å². The van der Waals surface area contributed by atoms with Crippen LogP contribution >= 0.6 is 0 Å². The van der Waals surface area contributed by atoms with Gasteiger partial charge in [-0.25, -0.2) is 0 Å². The minimum absolute atomic E-state index is 0.0677. The quantitative estimate of drug-likeness (QED) is 0.796. The molecule has 156 valence electrons. The van der Waals surface area contributed by atoms with Crippen LogP contribution in [-0.2, 0) is 11.3 Å². The van der Waals surface area contributed by atoms with Gasteiger partial charge < -0.3 is 10.1 Å². The maximum Gasteiger partial charge on any atom is 0.225 e. The summed E-state index contributed by atoms with van der Waals surface area (Å²) in [7, 11) is 1.70. The van der Waals surface area contributed by atoms with Crippen molar-refractivity contribution in [1.29, 1.82) is 0 Å². The molecule has 3 rings (SSSR count). The predicted octanol–water partition coefficient (Wildman–Crippen LogP) is 4.21. The molecule has 0 saturated carbocycles. The lowest BCUT2D eigenvalue weighted by atomic mass is 9.86. The number of carbonyl (C=O) groups excluding carboxylic acids is 1. The molecule has 0 bridgehead atoms.